The van der Waals surface area contributed by atoms with E-state index in [-0.39, 0.29) is 6.10 Å². The third-order valence-electron chi connectivity index (χ3n) is 1.91. The summed E-state index contributed by atoms with van der Waals surface area (Å²) in [6.45, 7) is 0. The van der Waals surface area contributed by atoms with Crippen molar-refractivity contribution in [3.05, 3.63) is 17.4 Å². The minimum atomic E-state index is -0.148. The largest absolute Gasteiger partial charge is 0.388 e. The van der Waals surface area contributed by atoms with E-state index in [1.807, 2.05) is 0 Å². The zero-order valence-corrected chi connectivity index (χ0v) is 4.59. The van der Waals surface area contributed by atoms with Gasteiger partial charge in [0.05, 0.1) is 6.10 Å². The Hall–Kier alpha value is -0.520. The number of aliphatic hydroxyl groups excluding tert-OH is 1. The first kappa shape index (κ1) is 4.37. The molecule has 0 amide bonds. The molecule has 8 heavy (non-hydrogen) atoms. The molecule has 2 unspecified atom stereocenters. The SMILES string of the molecule is OC1CC2C=C=C1C2. The van der Waals surface area contributed by atoms with Crippen molar-refractivity contribution in [1.82, 2.24) is 0 Å². The third-order valence-corrected chi connectivity index (χ3v) is 1.91. The topological polar surface area (TPSA) is 20.2 Å². The van der Waals surface area contributed by atoms with Gasteiger partial charge in [-0.2, -0.15) is 0 Å². The molecule has 2 atom stereocenters. The first-order valence-corrected chi connectivity index (χ1v) is 3.00. The second kappa shape index (κ2) is 1.25. The van der Waals surface area contributed by atoms with Gasteiger partial charge in [-0.1, -0.05) is 0 Å². The Morgan fingerprint density at radius 2 is 2.62 bits per heavy atom. The number of fused-ring (bicyclic) bond motifs is 2. The lowest BCUT2D eigenvalue weighted by molar-refractivity contribution is 0.210. The molecule has 2 aliphatic rings. The van der Waals surface area contributed by atoms with Crippen molar-refractivity contribution in [2.24, 2.45) is 5.92 Å². The van der Waals surface area contributed by atoms with Crippen LogP contribution in [0.4, 0.5) is 0 Å². The van der Waals surface area contributed by atoms with Gasteiger partial charge in [-0.05, 0) is 24.8 Å². The predicted molar refractivity (Wildman–Crippen MR) is 30.3 cm³/mol. The highest BCUT2D eigenvalue weighted by atomic mass is 16.3. The molecule has 0 radical (unpaired) electrons. The van der Waals surface area contributed by atoms with Gasteiger partial charge in [-0.25, -0.2) is 0 Å². The van der Waals surface area contributed by atoms with E-state index in [9.17, 15) is 0 Å². The van der Waals surface area contributed by atoms with Gasteiger partial charge in [0.2, 0.25) is 0 Å². The molecule has 0 aliphatic heterocycles. The lowest BCUT2D eigenvalue weighted by atomic mass is 10.1. The van der Waals surface area contributed by atoms with Crippen LogP contribution in [0.2, 0.25) is 0 Å². The molecule has 2 rings (SSSR count). The smallest absolute Gasteiger partial charge is 0.0829 e. The number of hydrogen-bond acceptors (Lipinski definition) is 1. The summed E-state index contributed by atoms with van der Waals surface area (Å²) in [4.78, 5) is 0. The molecule has 2 bridgehead atoms. The van der Waals surface area contributed by atoms with Crippen LogP contribution < -0.4 is 0 Å². The summed E-state index contributed by atoms with van der Waals surface area (Å²) < 4.78 is 0. The van der Waals surface area contributed by atoms with Crippen molar-refractivity contribution in [1.29, 1.82) is 0 Å². The van der Waals surface area contributed by atoms with Crippen molar-refractivity contribution in [2.75, 3.05) is 0 Å². The molecule has 1 fully saturated rings. The fourth-order valence-electron chi connectivity index (χ4n) is 1.44. The Balaban J connectivity index is 2.40. The maximum Gasteiger partial charge on any atom is 0.0829 e. The van der Waals surface area contributed by atoms with E-state index < -0.39 is 0 Å². The Labute approximate surface area is 48.3 Å². The van der Waals surface area contributed by atoms with E-state index in [0.717, 1.165) is 18.4 Å². The van der Waals surface area contributed by atoms with Crippen LogP contribution in [-0.2, 0) is 0 Å². The second-order valence-electron chi connectivity index (χ2n) is 2.55. The van der Waals surface area contributed by atoms with Gasteiger partial charge in [0, 0.05) is 5.57 Å². The Morgan fingerprint density at radius 1 is 1.75 bits per heavy atom. The highest BCUT2D eigenvalue weighted by molar-refractivity contribution is 5.23. The normalized spacial score (nSPS) is 40.9. The molecule has 1 saturated carbocycles. The van der Waals surface area contributed by atoms with Crippen molar-refractivity contribution < 1.29 is 5.11 Å². The number of aliphatic hydroxyl groups is 1. The van der Waals surface area contributed by atoms with Crippen LogP contribution in [0.1, 0.15) is 12.8 Å². The summed E-state index contributed by atoms with van der Waals surface area (Å²) >= 11 is 0. The standard InChI is InChI=1S/C7H8O/c8-7-4-5-1-2-6(7)3-5/h1,5,7-8H,3-4H2. The molecule has 1 heteroatoms. The third kappa shape index (κ3) is 0.405. The highest BCUT2D eigenvalue weighted by Gasteiger charge is 2.28. The van der Waals surface area contributed by atoms with Crippen LogP contribution in [-0.4, -0.2) is 11.2 Å². The van der Waals surface area contributed by atoms with E-state index in [2.05, 4.69) is 11.8 Å². The Morgan fingerprint density at radius 3 is 2.88 bits per heavy atom. The van der Waals surface area contributed by atoms with E-state index in [4.69, 9.17) is 5.11 Å². The zero-order chi connectivity index (χ0) is 5.56. The minimum absolute atomic E-state index is 0.148. The molecule has 0 aromatic carbocycles. The second-order valence-corrected chi connectivity index (χ2v) is 2.55. The summed E-state index contributed by atoms with van der Waals surface area (Å²) in [5.74, 6) is 0.625. The van der Waals surface area contributed by atoms with Crippen molar-refractivity contribution >= 4 is 0 Å². The van der Waals surface area contributed by atoms with Gasteiger partial charge < -0.3 is 5.11 Å². The fraction of sp³-hybridized carbons (Fsp3) is 0.571. The molecule has 0 aromatic heterocycles. The lowest BCUT2D eigenvalue weighted by Gasteiger charge is -2.01. The molecule has 2 aliphatic carbocycles. The van der Waals surface area contributed by atoms with Crippen LogP contribution in [0.3, 0.4) is 0 Å². The quantitative estimate of drug-likeness (QED) is 0.456. The molecule has 42 valence electrons. The average molecular weight is 108 g/mol. The molecular formula is C7H8O. The predicted octanol–water partition coefficient (Wildman–Crippen LogP) is 0.852. The fourth-order valence-corrected chi connectivity index (χ4v) is 1.44. The van der Waals surface area contributed by atoms with E-state index in [0.29, 0.717) is 5.92 Å². The molecule has 0 aromatic rings. The van der Waals surface area contributed by atoms with E-state index in [1.54, 1.807) is 0 Å². The van der Waals surface area contributed by atoms with Crippen LogP contribution >= 0.6 is 0 Å². The molecule has 0 spiro atoms. The zero-order valence-electron chi connectivity index (χ0n) is 4.59. The Bertz CT molecular complexity index is 175. The van der Waals surface area contributed by atoms with Gasteiger partial charge in [-0.3, -0.25) is 0 Å². The highest BCUT2D eigenvalue weighted by Crippen LogP contribution is 2.34. The summed E-state index contributed by atoms with van der Waals surface area (Å²) in [6.07, 6.45) is 3.94. The van der Waals surface area contributed by atoms with Gasteiger partial charge in [-0.15, -0.1) is 5.73 Å². The first-order valence-electron chi connectivity index (χ1n) is 3.00. The Kier molecular flexibility index (Phi) is 0.682. The molecule has 0 saturated heterocycles. The van der Waals surface area contributed by atoms with E-state index in [1.165, 1.54) is 0 Å². The molecule has 1 N–H and O–H groups in total. The molecule has 1 nitrogen and oxygen atoms in total. The maximum atomic E-state index is 9.10. The van der Waals surface area contributed by atoms with Crippen molar-refractivity contribution in [3.8, 4) is 0 Å². The van der Waals surface area contributed by atoms with Crippen molar-refractivity contribution in [3.63, 3.8) is 0 Å². The molecular weight excluding hydrogens is 100 g/mol. The number of rotatable bonds is 0. The summed E-state index contributed by atoms with van der Waals surface area (Å²) in [6, 6.07) is 0. The van der Waals surface area contributed by atoms with Gasteiger partial charge in [0.25, 0.3) is 0 Å². The van der Waals surface area contributed by atoms with Crippen molar-refractivity contribution in [2.45, 2.75) is 18.9 Å². The average Bonchev–Trinajstić information content (AvgIpc) is 2.23. The van der Waals surface area contributed by atoms with Crippen LogP contribution in [0.25, 0.3) is 0 Å². The van der Waals surface area contributed by atoms with Crippen LogP contribution in [0.15, 0.2) is 17.4 Å². The monoisotopic (exact) mass is 108 g/mol. The maximum absolute atomic E-state index is 9.10. The minimum Gasteiger partial charge on any atom is -0.388 e. The van der Waals surface area contributed by atoms with E-state index >= 15 is 0 Å². The lowest BCUT2D eigenvalue weighted by Crippen LogP contribution is -2.02. The van der Waals surface area contributed by atoms with Crippen LogP contribution in [0.5, 0.6) is 0 Å². The first-order chi connectivity index (χ1) is 3.86. The van der Waals surface area contributed by atoms with Gasteiger partial charge in [0.15, 0.2) is 0 Å². The van der Waals surface area contributed by atoms with Crippen LogP contribution in [0, 0.1) is 5.92 Å². The summed E-state index contributed by atoms with van der Waals surface area (Å²) in [7, 11) is 0. The number of hydrogen-bond donors (Lipinski definition) is 1. The summed E-state index contributed by atoms with van der Waals surface area (Å²) in [5.41, 5.74) is 4.17. The van der Waals surface area contributed by atoms with Gasteiger partial charge >= 0.3 is 0 Å². The van der Waals surface area contributed by atoms with Gasteiger partial charge in [0.1, 0.15) is 0 Å². The summed E-state index contributed by atoms with van der Waals surface area (Å²) in [5, 5.41) is 9.10. The molecule has 0 heterocycles.